The smallest absolute Gasteiger partial charge is 0.254 e. The molecule has 0 atom stereocenters. The Morgan fingerprint density at radius 2 is 2.00 bits per heavy atom. The molecule has 4 rings (SSSR count). The third-order valence-electron chi connectivity index (χ3n) is 4.92. The van der Waals surface area contributed by atoms with Gasteiger partial charge in [0.15, 0.2) is 23.1 Å². The summed E-state index contributed by atoms with van der Waals surface area (Å²) in [4.78, 5) is 22.2. The summed E-state index contributed by atoms with van der Waals surface area (Å²) in [7, 11) is 0. The normalized spacial score (nSPS) is 13.9. The number of fused-ring (bicyclic) bond motifs is 1. The zero-order chi connectivity index (χ0) is 20.2. The number of ether oxygens (including phenoxy) is 2. The molecule has 0 aliphatic carbocycles. The molecule has 0 spiro atoms. The van der Waals surface area contributed by atoms with Gasteiger partial charge in [-0.2, -0.15) is 0 Å². The van der Waals surface area contributed by atoms with E-state index in [-0.39, 0.29) is 5.56 Å². The summed E-state index contributed by atoms with van der Waals surface area (Å²) in [5.74, 6) is 2.56. The largest absolute Gasteiger partial charge is 0.490 e. The van der Waals surface area contributed by atoms with Gasteiger partial charge in [0.1, 0.15) is 0 Å². The average molecular weight is 395 g/mol. The molecule has 3 aromatic rings. The zero-order valence-electron chi connectivity index (χ0n) is 16.7. The van der Waals surface area contributed by atoms with Crippen molar-refractivity contribution in [1.29, 1.82) is 0 Å². The first-order chi connectivity index (χ1) is 14.2. The maximum atomic E-state index is 12.5. The number of furan rings is 1. The fourth-order valence-electron chi connectivity index (χ4n) is 3.61. The summed E-state index contributed by atoms with van der Waals surface area (Å²) in [6, 6.07) is 9.62. The van der Waals surface area contributed by atoms with Crippen molar-refractivity contribution in [2.45, 2.75) is 33.4 Å². The lowest BCUT2D eigenvalue weighted by Crippen LogP contribution is -2.35. The molecule has 1 N–H and O–H groups in total. The Morgan fingerprint density at radius 1 is 1.17 bits per heavy atom. The Labute approximate surface area is 169 Å². The van der Waals surface area contributed by atoms with Crippen molar-refractivity contribution in [1.82, 2.24) is 14.9 Å². The van der Waals surface area contributed by atoms with Crippen LogP contribution in [0.5, 0.6) is 11.5 Å². The van der Waals surface area contributed by atoms with Crippen LogP contribution in [-0.2, 0) is 19.5 Å². The summed E-state index contributed by atoms with van der Waals surface area (Å²) >= 11 is 0. The van der Waals surface area contributed by atoms with E-state index in [0.29, 0.717) is 37.8 Å². The summed E-state index contributed by atoms with van der Waals surface area (Å²) in [5.41, 5.74) is 2.62. The summed E-state index contributed by atoms with van der Waals surface area (Å²) < 4.78 is 16.8. The topological polar surface area (TPSA) is 80.6 Å². The zero-order valence-corrected chi connectivity index (χ0v) is 16.7. The lowest BCUT2D eigenvalue weighted by Gasteiger charge is -2.27. The van der Waals surface area contributed by atoms with Crippen molar-refractivity contribution in [3.8, 4) is 23.1 Å². The van der Waals surface area contributed by atoms with Gasteiger partial charge in [-0.3, -0.25) is 9.69 Å². The third-order valence-corrected chi connectivity index (χ3v) is 4.92. The first-order valence-electron chi connectivity index (χ1n) is 9.94. The van der Waals surface area contributed by atoms with Gasteiger partial charge >= 0.3 is 0 Å². The van der Waals surface area contributed by atoms with Crippen LogP contribution in [0, 0.1) is 0 Å². The van der Waals surface area contributed by atoms with E-state index in [1.807, 2.05) is 26.0 Å². The molecule has 1 aromatic carbocycles. The number of aromatic nitrogens is 2. The van der Waals surface area contributed by atoms with E-state index in [1.165, 1.54) is 0 Å². The molecule has 1 aliphatic heterocycles. The van der Waals surface area contributed by atoms with Crippen LogP contribution in [0.15, 0.2) is 45.8 Å². The molecule has 152 valence electrons. The standard InChI is InChI=1S/C22H25N3O4/c1-3-27-18-8-7-15(12-20(18)28-4-2)13-25-10-9-16-17(14-25)23-21(24-22(16)26)19-6-5-11-29-19/h5-8,11-12H,3-4,9-10,13-14H2,1-2H3,(H,23,24,26). The van der Waals surface area contributed by atoms with Gasteiger partial charge < -0.3 is 18.9 Å². The lowest BCUT2D eigenvalue weighted by atomic mass is 10.1. The maximum Gasteiger partial charge on any atom is 0.254 e. The van der Waals surface area contributed by atoms with Crippen LogP contribution in [0.3, 0.4) is 0 Å². The van der Waals surface area contributed by atoms with E-state index in [4.69, 9.17) is 13.9 Å². The Bertz CT molecular complexity index is 1030. The summed E-state index contributed by atoms with van der Waals surface area (Å²) in [6.07, 6.45) is 2.24. The number of nitrogens with one attached hydrogen (secondary N) is 1. The van der Waals surface area contributed by atoms with Crippen LogP contribution in [0.1, 0.15) is 30.7 Å². The minimum atomic E-state index is -0.0826. The molecule has 7 nitrogen and oxygen atoms in total. The summed E-state index contributed by atoms with van der Waals surface area (Å²) in [5, 5.41) is 0. The van der Waals surface area contributed by atoms with Crippen molar-refractivity contribution in [3.63, 3.8) is 0 Å². The van der Waals surface area contributed by atoms with E-state index in [0.717, 1.165) is 41.4 Å². The molecule has 2 aromatic heterocycles. The predicted molar refractivity (Wildman–Crippen MR) is 109 cm³/mol. The molecule has 3 heterocycles. The highest BCUT2D eigenvalue weighted by atomic mass is 16.5. The second-order valence-electron chi connectivity index (χ2n) is 6.92. The first kappa shape index (κ1) is 19.3. The van der Waals surface area contributed by atoms with Gasteiger partial charge in [-0.15, -0.1) is 0 Å². The van der Waals surface area contributed by atoms with Gasteiger partial charge in [-0.05, 0) is 50.1 Å². The number of nitrogens with zero attached hydrogens (tertiary/aromatic N) is 2. The van der Waals surface area contributed by atoms with Crippen LogP contribution in [-0.4, -0.2) is 34.6 Å². The van der Waals surface area contributed by atoms with Crippen molar-refractivity contribution >= 4 is 0 Å². The van der Waals surface area contributed by atoms with Gasteiger partial charge in [-0.1, -0.05) is 6.07 Å². The fourth-order valence-corrected chi connectivity index (χ4v) is 3.61. The van der Waals surface area contributed by atoms with Crippen LogP contribution in [0.25, 0.3) is 11.6 Å². The quantitative estimate of drug-likeness (QED) is 0.661. The predicted octanol–water partition coefficient (Wildman–Crippen LogP) is 3.39. The van der Waals surface area contributed by atoms with E-state index < -0.39 is 0 Å². The van der Waals surface area contributed by atoms with Gasteiger partial charge in [-0.25, -0.2) is 4.98 Å². The molecule has 0 radical (unpaired) electrons. The van der Waals surface area contributed by atoms with Crippen molar-refractivity contribution in [2.24, 2.45) is 0 Å². The van der Waals surface area contributed by atoms with E-state index in [1.54, 1.807) is 18.4 Å². The van der Waals surface area contributed by atoms with Crippen molar-refractivity contribution < 1.29 is 13.9 Å². The van der Waals surface area contributed by atoms with E-state index in [9.17, 15) is 4.79 Å². The third kappa shape index (κ3) is 4.19. The van der Waals surface area contributed by atoms with Crippen molar-refractivity contribution in [3.05, 3.63) is 63.8 Å². The van der Waals surface area contributed by atoms with Gasteiger partial charge in [0, 0.05) is 25.2 Å². The highest BCUT2D eigenvalue weighted by Gasteiger charge is 2.22. The van der Waals surface area contributed by atoms with Gasteiger partial charge in [0.05, 0.1) is 25.2 Å². The monoisotopic (exact) mass is 395 g/mol. The van der Waals surface area contributed by atoms with Gasteiger partial charge in [0.25, 0.3) is 5.56 Å². The average Bonchev–Trinajstić information content (AvgIpc) is 3.25. The molecule has 1 aliphatic rings. The molecule has 0 amide bonds. The molecular formula is C22H25N3O4. The molecule has 0 saturated heterocycles. The lowest BCUT2D eigenvalue weighted by molar-refractivity contribution is 0.239. The molecule has 0 fully saturated rings. The van der Waals surface area contributed by atoms with Crippen LogP contribution < -0.4 is 15.0 Å². The SMILES string of the molecule is CCOc1ccc(CN2CCc3c(nc(-c4ccco4)[nH]c3=O)C2)cc1OCC. The van der Waals surface area contributed by atoms with Crippen LogP contribution >= 0.6 is 0 Å². The number of hydrogen-bond acceptors (Lipinski definition) is 6. The Kier molecular flexibility index (Phi) is 5.67. The fraction of sp³-hybridized carbons (Fsp3) is 0.364. The minimum absolute atomic E-state index is 0.0826. The molecule has 29 heavy (non-hydrogen) atoms. The number of H-pyrrole nitrogens is 1. The number of benzene rings is 1. The summed E-state index contributed by atoms with van der Waals surface area (Å²) in [6.45, 7) is 7.27. The molecular weight excluding hydrogens is 370 g/mol. The Balaban J connectivity index is 1.54. The van der Waals surface area contributed by atoms with Gasteiger partial charge in [0.2, 0.25) is 0 Å². The highest BCUT2D eigenvalue weighted by Crippen LogP contribution is 2.29. The van der Waals surface area contributed by atoms with E-state index in [2.05, 4.69) is 20.9 Å². The second kappa shape index (κ2) is 8.53. The maximum absolute atomic E-state index is 12.5. The van der Waals surface area contributed by atoms with E-state index >= 15 is 0 Å². The minimum Gasteiger partial charge on any atom is -0.490 e. The second-order valence-corrected chi connectivity index (χ2v) is 6.92. The molecule has 7 heteroatoms. The number of hydrogen-bond donors (Lipinski definition) is 1. The number of aromatic amines is 1. The van der Waals surface area contributed by atoms with Crippen LogP contribution in [0.4, 0.5) is 0 Å². The molecule has 0 bridgehead atoms. The van der Waals surface area contributed by atoms with Crippen LogP contribution in [0.2, 0.25) is 0 Å². The molecule has 0 saturated carbocycles. The Morgan fingerprint density at radius 3 is 2.76 bits per heavy atom. The number of rotatable bonds is 7. The first-order valence-corrected chi connectivity index (χ1v) is 9.94. The van der Waals surface area contributed by atoms with Crippen molar-refractivity contribution in [2.75, 3.05) is 19.8 Å². The Hall–Kier alpha value is -3.06. The highest BCUT2D eigenvalue weighted by molar-refractivity contribution is 5.47. The molecule has 0 unspecified atom stereocenters.